The number of benzene rings is 2. The third kappa shape index (κ3) is 3.47. The molecule has 140 valence electrons. The Bertz CT molecular complexity index is 1030. The molecule has 0 unspecified atom stereocenters. The predicted octanol–water partition coefficient (Wildman–Crippen LogP) is 3.98. The van der Waals surface area contributed by atoms with Crippen molar-refractivity contribution in [1.29, 1.82) is 5.26 Å². The molecule has 0 fully saturated rings. The third-order valence-electron chi connectivity index (χ3n) is 4.88. The maximum absolute atomic E-state index is 12.0. The van der Waals surface area contributed by atoms with Crippen LogP contribution < -0.4 is 9.80 Å². The lowest BCUT2D eigenvalue weighted by Gasteiger charge is -2.25. The fraction of sp³-hybridized carbons (Fsp3) is 0.227. The van der Waals surface area contributed by atoms with Crippen molar-refractivity contribution in [3.05, 3.63) is 66.2 Å². The van der Waals surface area contributed by atoms with Gasteiger partial charge in [0.25, 0.3) is 0 Å². The lowest BCUT2D eigenvalue weighted by molar-refractivity contribution is -0.116. The number of hydrogen-bond acceptors (Lipinski definition) is 5. The highest BCUT2D eigenvalue weighted by Crippen LogP contribution is 2.33. The first-order chi connectivity index (χ1) is 13.7. The molecule has 6 heteroatoms. The van der Waals surface area contributed by atoms with Gasteiger partial charge >= 0.3 is 0 Å². The first-order valence-corrected chi connectivity index (χ1v) is 9.23. The number of para-hydroxylation sites is 2. The lowest BCUT2D eigenvalue weighted by Crippen LogP contribution is -2.28. The van der Waals surface area contributed by atoms with E-state index in [1.54, 1.807) is 25.3 Å². The van der Waals surface area contributed by atoms with Crippen molar-refractivity contribution in [2.75, 3.05) is 22.9 Å². The molecule has 4 rings (SSSR count). The summed E-state index contributed by atoms with van der Waals surface area (Å²) in [6.45, 7) is 3.64. The Kier molecular flexibility index (Phi) is 4.81. The summed E-state index contributed by atoms with van der Waals surface area (Å²) < 4.78 is 5.96. The quantitative estimate of drug-likeness (QED) is 0.695. The van der Waals surface area contributed by atoms with Gasteiger partial charge in [0.05, 0.1) is 35.7 Å². The minimum Gasteiger partial charge on any atom is -0.439 e. The SMILES string of the molecule is CC(=O)N1CCCN(Cc2ncc(-c3ccc(C#N)cc3)o2)c2ccccc21. The van der Waals surface area contributed by atoms with Crippen LogP contribution in [0.1, 0.15) is 24.8 Å². The number of anilines is 2. The first kappa shape index (κ1) is 17.8. The van der Waals surface area contributed by atoms with Gasteiger partial charge in [-0.25, -0.2) is 4.98 Å². The summed E-state index contributed by atoms with van der Waals surface area (Å²) in [6.07, 6.45) is 2.58. The summed E-state index contributed by atoms with van der Waals surface area (Å²) >= 11 is 0. The molecular formula is C22H20N4O2. The highest BCUT2D eigenvalue weighted by Gasteiger charge is 2.23. The number of carbonyl (C=O) groups is 1. The second-order valence-corrected chi connectivity index (χ2v) is 6.74. The lowest BCUT2D eigenvalue weighted by atomic mass is 10.1. The van der Waals surface area contributed by atoms with E-state index in [9.17, 15) is 4.79 Å². The van der Waals surface area contributed by atoms with Gasteiger partial charge in [0.15, 0.2) is 5.76 Å². The monoisotopic (exact) mass is 372 g/mol. The minimum atomic E-state index is 0.0496. The smallest absolute Gasteiger partial charge is 0.223 e. The van der Waals surface area contributed by atoms with Gasteiger partial charge in [-0.15, -0.1) is 0 Å². The van der Waals surface area contributed by atoms with Crippen molar-refractivity contribution in [2.24, 2.45) is 0 Å². The van der Waals surface area contributed by atoms with Crippen LogP contribution in [-0.4, -0.2) is 24.0 Å². The number of carbonyl (C=O) groups excluding carboxylic acids is 1. The summed E-state index contributed by atoms with van der Waals surface area (Å²) in [5.41, 5.74) is 3.43. The molecule has 2 heterocycles. The molecule has 28 heavy (non-hydrogen) atoms. The van der Waals surface area contributed by atoms with E-state index in [-0.39, 0.29) is 5.91 Å². The number of amides is 1. The number of fused-ring (bicyclic) bond motifs is 1. The summed E-state index contributed by atoms with van der Waals surface area (Å²) in [5, 5.41) is 8.93. The van der Waals surface area contributed by atoms with Crippen LogP contribution in [0.2, 0.25) is 0 Å². The number of hydrogen-bond donors (Lipinski definition) is 0. The standard InChI is InChI=1S/C22H20N4O2/c1-16(27)26-12-4-11-25(19-5-2-3-6-20(19)26)15-22-24-14-21(28-22)18-9-7-17(13-23)8-10-18/h2-3,5-10,14H,4,11-12,15H2,1H3. The summed E-state index contributed by atoms with van der Waals surface area (Å²) in [7, 11) is 0. The molecule has 1 aliphatic heterocycles. The zero-order chi connectivity index (χ0) is 19.5. The van der Waals surface area contributed by atoms with Crippen molar-refractivity contribution in [2.45, 2.75) is 19.9 Å². The molecule has 1 aliphatic rings. The van der Waals surface area contributed by atoms with Gasteiger partial charge in [0.1, 0.15) is 0 Å². The molecule has 2 aromatic carbocycles. The second kappa shape index (κ2) is 7.57. The highest BCUT2D eigenvalue weighted by molar-refractivity contribution is 5.95. The zero-order valence-electron chi connectivity index (χ0n) is 15.6. The van der Waals surface area contributed by atoms with E-state index >= 15 is 0 Å². The molecule has 0 aliphatic carbocycles. The minimum absolute atomic E-state index is 0.0496. The van der Waals surface area contributed by atoms with E-state index in [0.29, 0.717) is 30.3 Å². The zero-order valence-corrected chi connectivity index (χ0v) is 15.6. The topological polar surface area (TPSA) is 73.4 Å². The van der Waals surface area contributed by atoms with Crippen LogP contribution in [0.25, 0.3) is 11.3 Å². The van der Waals surface area contributed by atoms with Crippen molar-refractivity contribution in [3.63, 3.8) is 0 Å². The van der Waals surface area contributed by atoms with Crippen molar-refractivity contribution in [3.8, 4) is 17.4 Å². The van der Waals surface area contributed by atoms with Gasteiger partial charge in [-0.3, -0.25) is 4.79 Å². The van der Waals surface area contributed by atoms with E-state index in [2.05, 4.69) is 16.0 Å². The molecule has 0 saturated heterocycles. The number of nitriles is 1. The van der Waals surface area contributed by atoms with Crippen LogP contribution in [0.4, 0.5) is 11.4 Å². The maximum Gasteiger partial charge on any atom is 0.223 e. The summed E-state index contributed by atoms with van der Waals surface area (Å²) in [5.74, 6) is 1.34. The first-order valence-electron chi connectivity index (χ1n) is 9.23. The molecule has 0 saturated carbocycles. The van der Waals surface area contributed by atoms with Gasteiger partial charge in [-0.05, 0) is 42.8 Å². The van der Waals surface area contributed by atoms with Gasteiger partial charge < -0.3 is 14.2 Å². The number of rotatable bonds is 3. The molecule has 6 nitrogen and oxygen atoms in total. The number of oxazole rings is 1. The van der Waals surface area contributed by atoms with Crippen LogP contribution in [-0.2, 0) is 11.3 Å². The van der Waals surface area contributed by atoms with Gasteiger partial charge in [0, 0.05) is 25.6 Å². The van der Waals surface area contributed by atoms with Gasteiger partial charge in [0.2, 0.25) is 11.8 Å². The fourth-order valence-electron chi connectivity index (χ4n) is 3.50. The molecule has 0 atom stereocenters. The Morgan fingerprint density at radius 3 is 2.61 bits per heavy atom. The Morgan fingerprint density at radius 2 is 1.89 bits per heavy atom. The largest absolute Gasteiger partial charge is 0.439 e. The van der Waals surface area contributed by atoms with Gasteiger partial charge in [-0.1, -0.05) is 12.1 Å². The fourth-order valence-corrected chi connectivity index (χ4v) is 3.50. The third-order valence-corrected chi connectivity index (χ3v) is 4.88. The molecule has 1 amide bonds. The van der Waals surface area contributed by atoms with Crippen LogP contribution in [0, 0.1) is 11.3 Å². The molecule has 0 spiro atoms. The van der Waals surface area contributed by atoms with Crippen LogP contribution >= 0.6 is 0 Å². The van der Waals surface area contributed by atoms with Gasteiger partial charge in [-0.2, -0.15) is 5.26 Å². The van der Waals surface area contributed by atoms with E-state index in [1.165, 1.54) is 0 Å². The van der Waals surface area contributed by atoms with Crippen molar-refractivity contribution in [1.82, 2.24) is 4.98 Å². The Labute approximate surface area is 163 Å². The number of aromatic nitrogens is 1. The van der Waals surface area contributed by atoms with Crippen LogP contribution in [0.3, 0.4) is 0 Å². The van der Waals surface area contributed by atoms with E-state index in [1.807, 2.05) is 41.3 Å². The maximum atomic E-state index is 12.0. The van der Waals surface area contributed by atoms with E-state index in [0.717, 1.165) is 29.9 Å². The average Bonchev–Trinajstić information content (AvgIpc) is 3.10. The summed E-state index contributed by atoms with van der Waals surface area (Å²) in [6, 6.07) is 17.3. The Balaban J connectivity index is 1.59. The van der Waals surface area contributed by atoms with Crippen LogP contribution in [0.5, 0.6) is 0 Å². The molecular weight excluding hydrogens is 352 g/mol. The Morgan fingerprint density at radius 1 is 1.14 bits per heavy atom. The van der Waals surface area contributed by atoms with Crippen LogP contribution in [0.15, 0.2) is 59.1 Å². The number of nitrogens with zero attached hydrogens (tertiary/aromatic N) is 4. The molecule has 0 N–H and O–H groups in total. The van der Waals surface area contributed by atoms with E-state index < -0.39 is 0 Å². The summed E-state index contributed by atoms with van der Waals surface area (Å²) in [4.78, 5) is 20.5. The Hall–Kier alpha value is -3.59. The normalized spacial score (nSPS) is 13.6. The predicted molar refractivity (Wildman–Crippen MR) is 107 cm³/mol. The van der Waals surface area contributed by atoms with Crippen molar-refractivity contribution < 1.29 is 9.21 Å². The molecule has 0 bridgehead atoms. The molecule has 0 radical (unpaired) electrons. The second-order valence-electron chi connectivity index (χ2n) is 6.74. The highest BCUT2D eigenvalue weighted by atomic mass is 16.4. The molecule has 1 aromatic heterocycles. The molecule has 3 aromatic rings. The van der Waals surface area contributed by atoms with Crippen molar-refractivity contribution >= 4 is 17.3 Å². The van der Waals surface area contributed by atoms with E-state index in [4.69, 9.17) is 9.68 Å². The average molecular weight is 372 g/mol.